The van der Waals surface area contributed by atoms with Gasteiger partial charge in [-0.05, 0) is 56.2 Å². The number of ketones is 1. The van der Waals surface area contributed by atoms with Gasteiger partial charge in [0.1, 0.15) is 5.75 Å². The molecule has 0 aromatic heterocycles. The van der Waals surface area contributed by atoms with Gasteiger partial charge in [-0.2, -0.15) is 0 Å². The normalized spacial score (nSPS) is 10.2. The summed E-state index contributed by atoms with van der Waals surface area (Å²) < 4.78 is 5.63. The number of hydrogen-bond acceptors (Lipinski definition) is 3. The number of hydrogen-bond donors (Lipinski definition) is 1. The molecule has 4 heteroatoms. The Morgan fingerprint density at radius 2 is 1.70 bits per heavy atom. The third-order valence-electron chi connectivity index (χ3n) is 3.37. The van der Waals surface area contributed by atoms with Crippen molar-refractivity contribution in [1.82, 2.24) is 0 Å². The summed E-state index contributed by atoms with van der Waals surface area (Å²) in [5, 5.41) is 2.76. The quantitative estimate of drug-likeness (QED) is 0.823. The van der Waals surface area contributed by atoms with E-state index in [1.807, 2.05) is 26.0 Å². The van der Waals surface area contributed by atoms with Crippen molar-refractivity contribution in [3.8, 4) is 5.75 Å². The fourth-order valence-electron chi connectivity index (χ4n) is 2.39. The molecule has 0 heterocycles. The van der Waals surface area contributed by atoms with E-state index in [0.29, 0.717) is 11.3 Å². The fraction of sp³-hybridized carbons (Fsp3) is 0.263. The molecule has 23 heavy (non-hydrogen) atoms. The number of anilines is 1. The van der Waals surface area contributed by atoms with E-state index in [1.165, 1.54) is 6.92 Å². The summed E-state index contributed by atoms with van der Waals surface area (Å²) in [4.78, 5) is 23.5. The van der Waals surface area contributed by atoms with Crippen molar-refractivity contribution in [2.24, 2.45) is 0 Å². The van der Waals surface area contributed by atoms with E-state index in [2.05, 4.69) is 11.4 Å². The average molecular weight is 311 g/mol. The molecule has 120 valence electrons. The van der Waals surface area contributed by atoms with Crippen molar-refractivity contribution in [2.45, 2.75) is 27.2 Å². The Morgan fingerprint density at radius 1 is 1.04 bits per heavy atom. The third-order valence-corrected chi connectivity index (χ3v) is 3.37. The lowest BCUT2D eigenvalue weighted by Gasteiger charge is -2.10. The molecular formula is C19H21NO3. The minimum atomic E-state index is -0.178. The number of amides is 1. The minimum Gasteiger partial charge on any atom is -0.493 e. The molecule has 2 aromatic carbocycles. The van der Waals surface area contributed by atoms with Gasteiger partial charge in [-0.25, -0.2) is 0 Å². The molecule has 0 saturated heterocycles. The number of rotatable bonds is 6. The van der Waals surface area contributed by atoms with Crippen LogP contribution in [0.3, 0.4) is 0 Å². The maximum atomic E-state index is 12.0. The Kier molecular flexibility index (Phi) is 5.52. The smallest absolute Gasteiger partial charge is 0.227 e. The van der Waals surface area contributed by atoms with Crippen LogP contribution in [0, 0.1) is 13.8 Å². The molecule has 2 rings (SSSR count). The van der Waals surface area contributed by atoms with Gasteiger partial charge in [0.25, 0.3) is 0 Å². The second kappa shape index (κ2) is 7.58. The molecule has 0 aliphatic heterocycles. The number of Topliss-reactive ketones (excluding diaryl/α,β-unsaturated/α-hetero) is 1. The van der Waals surface area contributed by atoms with E-state index in [9.17, 15) is 9.59 Å². The lowest BCUT2D eigenvalue weighted by atomic mass is 10.1. The highest BCUT2D eigenvalue weighted by Crippen LogP contribution is 2.17. The Labute approximate surface area is 136 Å². The summed E-state index contributed by atoms with van der Waals surface area (Å²) >= 11 is 0. The number of benzene rings is 2. The first-order valence-electron chi connectivity index (χ1n) is 7.56. The first kappa shape index (κ1) is 16.7. The molecule has 0 atom stereocenters. The molecule has 0 aliphatic carbocycles. The van der Waals surface area contributed by atoms with Gasteiger partial charge >= 0.3 is 0 Å². The SMILES string of the molecule is CC(=O)c1ccccc1NC(=O)CCOc1cc(C)cc(C)c1. The van der Waals surface area contributed by atoms with Gasteiger partial charge in [0, 0.05) is 5.56 Å². The van der Waals surface area contributed by atoms with Crippen LogP contribution in [0.2, 0.25) is 0 Å². The van der Waals surface area contributed by atoms with Crippen LogP contribution in [0.1, 0.15) is 34.8 Å². The third kappa shape index (κ3) is 4.95. The highest BCUT2D eigenvalue weighted by atomic mass is 16.5. The predicted octanol–water partition coefficient (Wildman–Crippen LogP) is 3.91. The van der Waals surface area contributed by atoms with Crippen LogP contribution in [-0.4, -0.2) is 18.3 Å². The molecule has 0 spiro atoms. The molecule has 4 nitrogen and oxygen atoms in total. The summed E-state index contributed by atoms with van der Waals surface area (Å²) in [5.41, 5.74) is 3.30. The van der Waals surface area contributed by atoms with Gasteiger partial charge in [0.05, 0.1) is 18.7 Å². The lowest BCUT2D eigenvalue weighted by Crippen LogP contribution is -2.16. The van der Waals surface area contributed by atoms with Crippen molar-refractivity contribution in [2.75, 3.05) is 11.9 Å². The van der Waals surface area contributed by atoms with Gasteiger partial charge in [-0.1, -0.05) is 18.2 Å². The van der Waals surface area contributed by atoms with Gasteiger partial charge in [-0.15, -0.1) is 0 Å². The first-order valence-corrected chi connectivity index (χ1v) is 7.56. The van der Waals surface area contributed by atoms with E-state index < -0.39 is 0 Å². The van der Waals surface area contributed by atoms with E-state index in [4.69, 9.17) is 4.74 Å². The van der Waals surface area contributed by atoms with Crippen LogP contribution in [-0.2, 0) is 4.79 Å². The summed E-state index contributed by atoms with van der Waals surface area (Å²) in [6.07, 6.45) is 0.221. The summed E-state index contributed by atoms with van der Waals surface area (Å²) in [6.45, 7) is 5.78. The van der Waals surface area contributed by atoms with Crippen molar-refractivity contribution < 1.29 is 14.3 Å². The number of aryl methyl sites for hydroxylation is 2. The Morgan fingerprint density at radius 3 is 2.35 bits per heavy atom. The van der Waals surface area contributed by atoms with Crippen molar-refractivity contribution in [1.29, 1.82) is 0 Å². The van der Waals surface area contributed by atoms with E-state index in [0.717, 1.165) is 16.9 Å². The van der Waals surface area contributed by atoms with Gasteiger partial charge < -0.3 is 10.1 Å². The number of para-hydroxylation sites is 1. The molecule has 0 fully saturated rings. The molecule has 0 bridgehead atoms. The number of ether oxygens (including phenoxy) is 1. The monoisotopic (exact) mass is 311 g/mol. The summed E-state index contributed by atoms with van der Waals surface area (Å²) in [7, 11) is 0. The Balaban J connectivity index is 1.89. The molecule has 1 amide bonds. The van der Waals surface area contributed by atoms with Gasteiger partial charge in [0.15, 0.2) is 5.78 Å². The van der Waals surface area contributed by atoms with Gasteiger partial charge in [-0.3, -0.25) is 9.59 Å². The van der Waals surface area contributed by atoms with Crippen molar-refractivity contribution >= 4 is 17.4 Å². The van der Waals surface area contributed by atoms with Crippen LogP contribution in [0.4, 0.5) is 5.69 Å². The maximum Gasteiger partial charge on any atom is 0.227 e. The zero-order valence-electron chi connectivity index (χ0n) is 13.7. The zero-order chi connectivity index (χ0) is 16.8. The molecule has 1 N–H and O–H groups in total. The summed E-state index contributed by atoms with van der Waals surface area (Å²) in [5.74, 6) is 0.509. The Hall–Kier alpha value is -2.62. The van der Waals surface area contributed by atoms with Crippen LogP contribution < -0.4 is 10.1 Å². The fourth-order valence-corrected chi connectivity index (χ4v) is 2.39. The highest BCUT2D eigenvalue weighted by molar-refractivity contribution is 6.03. The Bertz CT molecular complexity index is 702. The molecular weight excluding hydrogens is 290 g/mol. The number of nitrogens with one attached hydrogen (secondary N) is 1. The topological polar surface area (TPSA) is 55.4 Å². The number of carbonyl (C=O) groups excluding carboxylic acids is 2. The first-order chi connectivity index (χ1) is 11.0. The second-order valence-corrected chi connectivity index (χ2v) is 5.57. The molecule has 0 aliphatic rings. The summed E-state index contributed by atoms with van der Waals surface area (Å²) in [6, 6.07) is 12.9. The average Bonchev–Trinajstić information content (AvgIpc) is 2.46. The van der Waals surface area contributed by atoms with Crippen LogP contribution in [0.25, 0.3) is 0 Å². The largest absolute Gasteiger partial charge is 0.493 e. The zero-order valence-corrected chi connectivity index (χ0v) is 13.7. The maximum absolute atomic E-state index is 12.0. The van der Waals surface area contributed by atoms with Crippen molar-refractivity contribution in [3.63, 3.8) is 0 Å². The minimum absolute atomic E-state index is 0.0765. The van der Waals surface area contributed by atoms with Crippen LogP contribution >= 0.6 is 0 Å². The molecule has 0 unspecified atom stereocenters. The van der Waals surface area contributed by atoms with E-state index >= 15 is 0 Å². The molecule has 0 radical (unpaired) electrons. The van der Waals surface area contributed by atoms with Crippen LogP contribution in [0.5, 0.6) is 5.75 Å². The van der Waals surface area contributed by atoms with Crippen molar-refractivity contribution in [3.05, 3.63) is 59.2 Å². The molecule has 0 saturated carbocycles. The lowest BCUT2D eigenvalue weighted by molar-refractivity contribution is -0.116. The predicted molar refractivity (Wildman–Crippen MR) is 91.1 cm³/mol. The van der Waals surface area contributed by atoms with Gasteiger partial charge in [0.2, 0.25) is 5.91 Å². The molecule has 2 aromatic rings. The second-order valence-electron chi connectivity index (χ2n) is 5.57. The van der Waals surface area contributed by atoms with Crippen LogP contribution in [0.15, 0.2) is 42.5 Å². The number of carbonyl (C=O) groups is 2. The standard InChI is InChI=1S/C19H21NO3/c1-13-10-14(2)12-16(11-13)23-9-8-19(22)20-18-7-5-4-6-17(18)15(3)21/h4-7,10-12H,8-9H2,1-3H3,(H,20,22). The highest BCUT2D eigenvalue weighted by Gasteiger charge is 2.09. The van der Waals surface area contributed by atoms with E-state index in [-0.39, 0.29) is 24.7 Å². The van der Waals surface area contributed by atoms with E-state index in [1.54, 1.807) is 24.3 Å².